The maximum atomic E-state index is 13.4. The Morgan fingerprint density at radius 1 is 0.766 bits per heavy atom. The lowest BCUT2D eigenvalue weighted by Crippen LogP contribution is -2.60. The minimum atomic E-state index is -1.12. The molecule has 9 heteroatoms. The Balaban J connectivity index is 0.907. The first kappa shape index (κ1) is 31.5. The molecule has 3 aromatic carbocycles. The molecule has 0 unspecified atom stereocenters. The third kappa shape index (κ3) is 6.84. The number of ketones is 1. The van der Waals surface area contributed by atoms with Crippen molar-refractivity contribution in [2.45, 2.75) is 87.4 Å². The van der Waals surface area contributed by atoms with Crippen molar-refractivity contribution in [1.82, 2.24) is 5.32 Å². The lowest BCUT2D eigenvalue weighted by Gasteiger charge is -2.45. The molecule has 0 aromatic heterocycles. The molecule has 47 heavy (non-hydrogen) atoms. The highest BCUT2D eigenvalue weighted by atomic mass is 16.7. The van der Waals surface area contributed by atoms with E-state index in [-0.39, 0.29) is 44.4 Å². The maximum Gasteiger partial charge on any atom is 0.408 e. The number of nitrogens with one attached hydrogen (secondary N) is 1. The molecular weight excluding hydrogens is 598 g/mol. The summed E-state index contributed by atoms with van der Waals surface area (Å²) in [7, 11) is 0. The Morgan fingerprint density at radius 2 is 1.45 bits per heavy atom. The van der Waals surface area contributed by atoms with E-state index in [0.29, 0.717) is 32.3 Å². The van der Waals surface area contributed by atoms with E-state index in [1.165, 1.54) is 0 Å². The largest absolute Gasteiger partial charge is 0.461 e. The highest BCUT2D eigenvalue weighted by molar-refractivity contribution is 5.87. The number of rotatable bonds is 10. The van der Waals surface area contributed by atoms with Gasteiger partial charge in [0.25, 0.3) is 0 Å². The molecule has 4 aliphatic rings. The van der Waals surface area contributed by atoms with E-state index in [1.807, 2.05) is 54.6 Å². The number of ether oxygens (including phenoxy) is 5. The van der Waals surface area contributed by atoms with Gasteiger partial charge in [-0.2, -0.15) is 0 Å². The number of alkyl carbamates (subject to hydrolysis) is 1. The third-order valence-electron chi connectivity index (χ3n) is 9.87. The quantitative estimate of drug-likeness (QED) is 0.261. The molecule has 1 amide bonds. The smallest absolute Gasteiger partial charge is 0.408 e. The van der Waals surface area contributed by atoms with Gasteiger partial charge in [0.15, 0.2) is 5.79 Å². The van der Waals surface area contributed by atoms with Gasteiger partial charge in [-0.05, 0) is 59.9 Å². The zero-order valence-corrected chi connectivity index (χ0v) is 26.5. The molecule has 2 aliphatic heterocycles. The van der Waals surface area contributed by atoms with Crippen molar-refractivity contribution >= 4 is 17.8 Å². The molecule has 246 valence electrons. The summed E-state index contributed by atoms with van der Waals surface area (Å²) in [6, 6.07) is 26.2. The fraction of sp³-hybridized carbons (Fsp3) is 0.447. The SMILES string of the molecule is O=C1C[C@@H](COCc2ccccc2)O[C@@]2(CCC[C@@H](COC(=O)C3(NC(=O)OCC4c5ccccc5-c5ccccc54)CCC3)O2)C1. The van der Waals surface area contributed by atoms with Gasteiger partial charge in [-0.15, -0.1) is 0 Å². The fourth-order valence-corrected chi connectivity index (χ4v) is 7.39. The van der Waals surface area contributed by atoms with Crippen molar-refractivity contribution in [1.29, 1.82) is 0 Å². The maximum absolute atomic E-state index is 13.4. The van der Waals surface area contributed by atoms with Crippen LogP contribution in [0.2, 0.25) is 0 Å². The van der Waals surface area contributed by atoms with E-state index in [2.05, 4.69) is 29.6 Å². The lowest BCUT2D eigenvalue weighted by atomic mass is 9.77. The van der Waals surface area contributed by atoms with Crippen molar-refractivity contribution in [2.75, 3.05) is 19.8 Å². The van der Waals surface area contributed by atoms with Crippen LogP contribution in [0, 0.1) is 0 Å². The highest BCUT2D eigenvalue weighted by Crippen LogP contribution is 2.45. The van der Waals surface area contributed by atoms with Gasteiger partial charge in [0.1, 0.15) is 24.5 Å². The van der Waals surface area contributed by atoms with Crippen molar-refractivity contribution in [3.05, 3.63) is 95.6 Å². The van der Waals surface area contributed by atoms with Crippen LogP contribution in [0.4, 0.5) is 4.79 Å². The first-order valence-electron chi connectivity index (χ1n) is 16.7. The molecule has 7 rings (SSSR count). The number of amides is 1. The average Bonchev–Trinajstić information content (AvgIpc) is 3.38. The van der Waals surface area contributed by atoms with Crippen LogP contribution < -0.4 is 5.32 Å². The summed E-state index contributed by atoms with van der Waals surface area (Å²) in [4.78, 5) is 39.1. The van der Waals surface area contributed by atoms with Crippen LogP contribution in [0.5, 0.6) is 0 Å². The van der Waals surface area contributed by atoms with Gasteiger partial charge in [0.05, 0.1) is 31.8 Å². The van der Waals surface area contributed by atoms with Crippen LogP contribution in [-0.4, -0.2) is 61.2 Å². The second-order valence-electron chi connectivity index (χ2n) is 13.2. The first-order chi connectivity index (χ1) is 22.9. The summed E-state index contributed by atoms with van der Waals surface area (Å²) in [5, 5.41) is 2.83. The Morgan fingerprint density at radius 3 is 2.15 bits per heavy atom. The average molecular weight is 640 g/mol. The summed E-state index contributed by atoms with van der Waals surface area (Å²) in [6.07, 6.45) is 2.79. The predicted octanol–water partition coefficient (Wildman–Crippen LogP) is 6.22. The molecule has 3 fully saturated rings. The number of fused-ring (bicyclic) bond motifs is 3. The first-order valence-corrected chi connectivity index (χ1v) is 16.7. The zero-order valence-electron chi connectivity index (χ0n) is 26.5. The van der Waals surface area contributed by atoms with Crippen LogP contribution in [0.25, 0.3) is 11.1 Å². The van der Waals surface area contributed by atoms with Gasteiger partial charge >= 0.3 is 12.1 Å². The number of benzene rings is 3. The summed E-state index contributed by atoms with van der Waals surface area (Å²) in [6.45, 7) is 0.907. The second-order valence-corrected chi connectivity index (χ2v) is 13.2. The van der Waals surface area contributed by atoms with Crippen LogP contribution in [0.1, 0.15) is 74.0 Å². The van der Waals surface area contributed by atoms with E-state index in [9.17, 15) is 14.4 Å². The van der Waals surface area contributed by atoms with Gasteiger partial charge in [-0.3, -0.25) is 4.79 Å². The van der Waals surface area contributed by atoms with E-state index in [4.69, 9.17) is 23.7 Å². The minimum absolute atomic E-state index is 0.0153. The number of carbonyl (C=O) groups is 3. The highest BCUT2D eigenvalue weighted by Gasteiger charge is 2.49. The molecule has 9 nitrogen and oxygen atoms in total. The van der Waals surface area contributed by atoms with Gasteiger partial charge in [0, 0.05) is 18.8 Å². The summed E-state index contributed by atoms with van der Waals surface area (Å²) in [5.41, 5.74) is 4.49. The van der Waals surface area contributed by atoms with Crippen LogP contribution in [-0.2, 0) is 39.9 Å². The van der Waals surface area contributed by atoms with Gasteiger partial charge in [-0.25, -0.2) is 9.59 Å². The summed E-state index contributed by atoms with van der Waals surface area (Å²) < 4.78 is 30.0. The molecule has 0 bridgehead atoms. The topological polar surface area (TPSA) is 109 Å². The van der Waals surface area contributed by atoms with Crippen LogP contribution >= 0.6 is 0 Å². The normalized spacial score (nSPS) is 24.6. The monoisotopic (exact) mass is 639 g/mol. The van der Waals surface area contributed by atoms with Crippen molar-refractivity contribution in [3.63, 3.8) is 0 Å². The Hall–Kier alpha value is -4.05. The molecular formula is C38H41NO8. The minimum Gasteiger partial charge on any atom is -0.461 e. The number of esters is 1. The Labute approximate surface area is 274 Å². The van der Waals surface area contributed by atoms with E-state index >= 15 is 0 Å². The molecule has 3 aromatic rings. The number of hydrogen-bond donors (Lipinski definition) is 1. The molecule has 1 spiro atoms. The predicted molar refractivity (Wildman–Crippen MR) is 172 cm³/mol. The van der Waals surface area contributed by atoms with Gasteiger partial charge in [0.2, 0.25) is 0 Å². The van der Waals surface area contributed by atoms with Crippen LogP contribution in [0.15, 0.2) is 78.9 Å². The molecule has 0 radical (unpaired) electrons. The summed E-state index contributed by atoms with van der Waals surface area (Å²) >= 11 is 0. The molecule has 2 saturated heterocycles. The number of carbonyl (C=O) groups excluding carboxylic acids is 3. The standard InChI is InChI=1S/C38H41NO8/c40-27-20-29(23-43-22-26-10-2-1-3-11-26)47-38(21-27)19-8-12-28(46-38)24-44-35(41)37(17-9-18-37)39-36(42)45-25-34-32-15-6-4-13-30(32)31-14-5-7-16-33(31)34/h1-7,10-11,13-16,28-29,34H,8-9,12,17-25H2,(H,39,42)/t28-,29-,38-/m0/s1. The van der Waals surface area contributed by atoms with Crippen molar-refractivity contribution < 1.29 is 38.1 Å². The lowest BCUT2D eigenvalue weighted by molar-refractivity contribution is -0.313. The van der Waals surface area contributed by atoms with Gasteiger partial charge < -0.3 is 29.0 Å². The molecule has 1 saturated carbocycles. The molecule has 2 aliphatic carbocycles. The number of Topliss-reactive ketones (excluding diaryl/α,β-unsaturated/α-hetero) is 1. The molecule has 3 atom stereocenters. The second kappa shape index (κ2) is 13.6. The van der Waals surface area contributed by atoms with Crippen LogP contribution in [0.3, 0.4) is 0 Å². The third-order valence-corrected chi connectivity index (χ3v) is 9.87. The van der Waals surface area contributed by atoms with Crippen molar-refractivity contribution in [3.8, 4) is 11.1 Å². The molecule has 1 N–H and O–H groups in total. The van der Waals surface area contributed by atoms with E-state index in [1.54, 1.807) is 0 Å². The van der Waals surface area contributed by atoms with E-state index in [0.717, 1.165) is 40.7 Å². The summed E-state index contributed by atoms with van der Waals surface area (Å²) in [5.74, 6) is -1.53. The van der Waals surface area contributed by atoms with Gasteiger partial charge in [-0.1, -0.05) is 78.9 Å². The van der Waals surface area contributed by atoms with Crippen molar-refractivity contribution in [2.24, 2.45) is 0 Å². The zero-order chi connectivity index (χ0) is 32.3. The Bertz CT molecular complexity index is 1560. The van der Waals surface area contributed by atoms with E-state index < -0.39 is 35.6 Å². The molecule has 2 heterocycles. The fourth-order valence-electron chi connectivity index (χ4n) is 7.39. The Kier molecular flexibility index (Phi) is 9.12. The number of hydrogen-bond acceptors (Lipinski definition) is 8.